The van der Waals surface area contributed by atoms with Crippen LogP contribution in [-0.4, -0.2) is 35.7 Å². The molecular weight excluding hydrogens is 398 g/mol. The molecule has 2 rings (SSSR count). The van der Waals surface area contributed by atoms with Crippen LogP contribution in [0.3, 0.4) is 0 Å². The number of hydrogen-bond acceptors (Lipinski definition) is 5. The molecule has 0 fully saturated rings. The molecule has 7 nitrogen and oxygen atoms in total. The number of aryl methyl sites for hydroxylation is 1. The van der Waals surface area contributed by atoms with Crippen LogP contribution >= 0.6 is 11.3 Å². The van der Waals surface area contributed by atoms with Crippen molar-refractivity contribution < 1.29 is 9.53 Å². The Bertz CT molecular complexity index is 814. The maximum Gasteiger partial charge on any atom is 0.408 e. The number of carbonyl (C=O) groups excluding carboxylic acids is 1. The third kappa shape index (κ3) is 8.41. The molecule has 1 atom stereocenters. The van der Waals surface area contributed by atoms with Gasteiger partial charge in [0, 0.05) is 24.2 Å². The minimum atomic E-state index is -0.555. The number of carbonyl (C=O) groups is 1. The van der Waals surface area contributed by atoms with E-state index in [9.17, 15) is 4.79 Å². The Hall–Kier alpha value is -2.61. The number of rotatable bonds is 8. The first-order valence-corrected chi connectivity index (χ1v) is 11.1. The van der Waals surface area contributed by atoms with Crippen molar-refractivity contribution in [3.8, 4) is 0 Å². The minimum absolute atomic E-state index is 0.267. The van der Waals surface area contributed by atoms with Crippen molar-refractivity contribution in [2.45, 2.75) is 59.2 Å². The Morgan fingerprint density at radius 1 is 1.20 bits per heavy atom. The van der Waals surface area contributed by atoms with Gasteiger partial charge in [-0.25, -0.2) is 14.8 Å². The number of ether oxygens (including phenoxy) is 1. The molecule has 8 heteroatoms. The first-order chi connectivity index (χ1) is 14.3. The molecule has 0 saturated heterocycles. The van der Waals surface area contributed by atoms with E-state index < -0.39 is 11.7 Å². The molecule has 0 spiro atoms. The number of amides is 1. The molecular formula is C22H33N5O2S. The van der Waals surface area contributed by atoms with Gasteiger partial charge in [0.15, 0.2) is 5.96 Å². The van der Waals surface area contributed by atoms with Crippen molar-refractivity contribution in [3.63, 3.8) is 0 Å². The van der Waals surface area contributed by atoms with Crippen LogP contribution in [0.15, 0.2) is 41.5 Å². The summed E-state index contributed by atoms with van der Waals surface area (Å²) in [6.45, 7) is 11.4. The summed E-state index contributed by atoms with van der Waals surface area (Å²) in [6.07, 6.45) is 2.44. The molecule has 3 N–H and O–H groups in total. The van der Waals surface area contributed by atoms with Gasteiger partial charge < -0.3 is 20.7 Å². The van der Waals surface area contributed by atoms with Crippen molar-refractivity contribution in [2.24, 2.45) is 4.99 Å². The van der Waals surface area contributed by atoms with Crippen LogP contribution in [0.1, 0.15) is 56.1 Å². The number of hydrogen-bond donors (Lipinski definition) is 3. The molecule has 1 heterocycles. The van der Waals surface area contributed by atoms with Gasteiger partial charge in [0.2, 0.25) is 0 Å². The van der Waals surface area contributed by atoms with Gasteiger partial charge in [0.05, 0.1) is 12.6 Å². The minimum Gasteiger partial charge on any atom is -0.444 e. The fourth-order valence-corrected chi connectivity index (χ4v) is 3.45. The lowest BCUT2D eigenvalue weighted by Crippen LogP contribution is -2.44. The van der Waals surface area contributed by atoms with Gasteiger partial charge in [-0.1, -0.05) is 37.3 Å². The molecule has 1 unspecified atom stereocenters. The number of aromatic nitrogens is 1. The average molecular weight is 432 g/mol. The predicted octanol–water partition coefficient (Wildman–Crippen LogP) is 4.03. The first-order valence-electron chi connectivity index (χ1n) is 10.3. The van der Waals surface area contributed by atoms with E-state index in [-0.39, 0.29) is 6.04 Å². The molecule has 164 valence electrons. The van der Waals surface area contributed by atoms with E-state index in [2.05, 4.69) is 32.9 Å². The second-order valence-electron chi connectivity index (χ2n) is 7.76. The number of aliphatic imine (C=N–C) groups is 1. The second-order valence-corrected chi connectivity index (χ2v) is 8.96. The molecule has 1 aromatic heterocycles. The molecule has 0 bridgehead atoms. The lowest BCUT2D eigenvalue weighted by Gasteiger charge is -2.24. The van der Waals surface area contributed by atoms with Crippen LogP contribution in [0.2, 0.25) is 0 Å². The highest BCUT2D eigenvalue weighted by Gasteiger charge is 2.20. The van der Waals surface area contributed by atoms with E-state index in [1.807, 2.05) is 64.2 Å². The van der Waals surface area contributed by atoms with Gasteiger partial charge in [-0.05, 0) is 39.7 Å². The summed E-state index contributed by atoms with van der Waals surface area (Å²) in [7, 11) is 0. The summed E-state index contributed by atoms with van der Waals surface area (Å²) < 4.78 is 5.43. The Balaban J connectivity index is 2.06. The summed E-state index contributed by atoms with van der Waals surface area (Å²) in [6, 6.07) is 9.55. The van der Waals surface area contributed by atoms with E-state index >= 15 is 0 Å². The van der Waals surface area contributed by atoms with Crippen LogP contribution < -0.4 is 16.0 Å². The first kappa shape index (κ1) is 23.7. The van der Waals surface area contributed by atoms with Gasteiger partial charge in [-0.3, -0.25) is 0 Å². The Kier molecular flexibility index (Phi) is 9.11. The van der Waals surface area contributed by atoms with Crippen molar-refractivity contribution >= 4 is 23.4 Å². The summed E-state index contributed by atoms with van der Waals surface area (Å²) in [5.74, 6) is 0.678. The lowest BCUT2D eigenvalue weighted by atomic mass is 10.1. The Morgan fingerprint density at radius 2 is 1.93 bits per heavy atom. The number of nitrogens with one attached hydrogen (secondary N) is 3. The zero-order valence-electron chi connectivity index (χ0n) is 18.5. The predicted molar refractivity (Wildman–Crippen MR) is 123 cm³/mol. The standard InChI is InChI=1S/C22H33N5O2S/c1-6-17-13-24-19(30-17)15-26-20(23-7-2)25-14-18(16-11-9-8-10-12-16)27-21(28)29-22(3,4)5/h8-13,18H,6-7,14-15H2,1-5H3,(H,27,28)(H2,23,25,26). The molecule has 0 aliphatic rings. The van der Waals surface area contributed by atoms with E-state index in [0.29, 0.717) is 19.0 Å². The highest BCUT2D eigenvalue weighted by molar-refractivity contribution is 7.11. The molecule has 1 amide bonds. The fraction of sp³-hybridized carbons (Fsp3) is 0.500. The van der Waals surface area contributed by atoms with E-state index in [4.69, 9.17) is 4.74 Å². The topological polar surface area (TPSA) is 87.6 Å². The van der Waals surface area contributed by atoms with Crippen LogP contribution in [0.25, 0.3) is 0 Å². The van der Waals surface area contributed by atoms with Gasteiger partial charge in [-0.2, -0.15) is 0 Å². The smallest absolute Gasteiger partial charge is 0.408 e. The van der Waals surface area contributed by atoms with Crippen molar-refractivity contribution in [3.05, 3.63) is 52.0 Å². The van der Waals surface area contributed by atoms with Crippen LogP contribution in [0.4, 0.5) is 4.79 Å². The van der Waals surface area contributed by atoms with E-state index in [0.717, 1.165) is 23.5 Å². The average Bonchev–Trinajstić information content (AvgIpc) is 3.16. The molecule has 0 radical (unpaired) electrons. The highest BCUT2D eigenvalue weighted by atomic mass is 32.1. The normalized spacial score (nSPS) is 12.9. The molecule has 30 heavy (non-hydrogen) atoms. The highest BCUT2D eigenvalue weighted by Crippen LogP contribution is 2.15. The van der Waals surface area contributed by atoms with Crippen molar-refractivity contribution in [1.82, 2.24) is 20.9 Å². The number of nitrogens with zero attached hydrogens (tertiary/aromatic N) is 2. The number of benzene rings is 1. The maximum atomic E-state index is 12.3. The third-order valence-corrected chi connectivity index (χ3v) is 5.16. The molecule has 0 saturated carbocycles. The van der Waals surface area contributed by atoms with Crippen molar-refractivity contribution in [1.29, 1.82) is 0 Å². The van der Waals surface area contributed by atoms with Crippen LogP contribution in [-0.2, 0) is 17.7 Å². The lowest BCUT2D eigenvalue weighted by molar-refractivity contribution is 0.0504. The van der Waals surface area contributed by atoms with Gasteiger partial charge in [0.1, 0.15) is 10.6 Å². The summed E-state index contributed by atoms with van der Waals surface area (Å²) in [5, 5.41) is 10.5. The van der Waals surface area contributed by atoms with Crippen LogP contribution in [0, 0.1) is 0 Å². The third-order valence-electron chi connectivity index (χ3n) is 4.03. The number of guanidine groups is 1. The quantitative estimate of drug-likeness (QED) is 0.434. The summed E-state index contributed by atoms with van der Waals surface area (Å²) >= 11 is 1.68. The largest absolute Gasteiger partial charge is 0.444 e. The molecule has 0 aliphatic heterocycles. The Morgan fingerprint density at radius 3 is 2.53 bits per heavy atom. The van der Waals surface area contributed by atoms with Gasteiger partial charge >= 0.3 is 6.09 Å². The SMILES string of the molecule is CCNC(=NCc1ncc(CC)s1)NCC(NC(=O)OC(C)(C)C)c1ccccc1. The maximum absolute atomic E-state index is 12.3. The van der Waals surface area contributed by atoms with E-state index in [1.54, 1.807) is 11.3 Å². The van der Waals surface area contributed by atoms with Crippen molar-refractivity contribution in [2.75, 3.05) is 13.1 Å². The Labute approximate surface area is 183 Å². The molecule has 2 aromatic rings. The van der Waals surface area contributed by atoms with Crippen LogP contribution in [0.5, 0.6) is 0 Å². The molecule has 0 aliphatic carbocycles. The number of alkyl carbamates (subject to hydrolysis) is 1. The second kappa shape index (κ2) is 11.5. The summed E-state index contributed by atoms with van der Waals surface area (Å²) in [5.41, 5.74) is 0.430. The van der Waals surface area contributed by atoms with E-state index in [1.165, 1.54) is 4.88 Å². The zero-order valence-corrected chi connectivity index (χ0v) is 19.3. The number of thiazole rings is 1. The van der Waals surface area contributed by atoms with Gasteiger partial charge in [0.25, 0.3) is 0 Å². The zero-order chi connectivity index (χ0) is 22.0. The fourth-order valence-electron chi connectivity index (χ4n) is 2.66. The molecule has 1 aromatic carbocycles. The summed E-state index contributed by atoms with van der Waals surface area (Å²) in [4.78, 5) is 22.6. The van der Waals surface area contributed by atoms with Gasteiger partial charge in [-0.15, -0.1) is 11.3 Å². The monoisotopic (exact) mass is 431 g/mol.